The van der Waals surface area contributed by atoms with Crippen molar-refractivity contribution in [2.75, 3.05) is 11.6 Å². The van der Waals surface area contributed by atoms with Crippen molar-refractivity contribution >= 4 is 23.4 Å². The number of benzene rings is 1. The molecule has 8 heteroatoms. The zero-order chi connectivity index (χ0) is 21.4. The summed E-state index contributed by atoms with van der Waals surface area (Å²) in [5.74, 6) is -3.29. The Hall–Kier alpha value is -2.64. The number of imide groups is 1. The predicted molar refractivity (Wildman–Crippen MR) is 101 cm³/mol. The summed E-state index contributed by atoms with van der Waals surface area (Å²) in [7, 11) is 0. The number of nitrogens with zero attached hydrogens (tertiary/aromatic N) is 2. The van der Waals surface area contributed by atoms with Gasteiger partial charge in [0.2, 0.25) is 11.8 Å². The lowest BCUT2D eigenvalue weighted by atomic mass is 9.63. The van der Waals surface area contributed by atoms with Crippen molar-refractivity contribution in [2.45, 2.75) is 25.9 Å². The van der Waals surface area contributed by atoms with Gasteiger partial charge in [0.1, 0.15) is 6.67 Å². The maximum atomic E-state index is 13.3. The van der Waals surface area contributed by atoms with E-state index in [1.165, 1.54) is 12.1 Å². The minimum atomic E-state index is -5.12. The van der Waals surface area contributed by atoms with E-state index in [0.717, 1.165) is 16.9 Å². The molecule has 5 nitrogen and oxygen atoms in total. The number of aryl methyl sites for hydroxylation is 1. The standard InChI is InChI=1S/C22H21F3N2O3/c1-2-11-3-5-12(6-4-11)26(21(30)22(23,24)25)10-27-19(28)17-13-7-8-14(16-9-15(13)16)18(17)20(27)29/h3-8,13-18H,2,9-10H2,1H3/t13-,14-,15-,16-,17+,18+/m0/s1. The first kappa shape index (κ1) is 19.3. The largest absolute Gasteiger partial charge is 0.471 e. The molecule has 1 aromatic carbocycles. The summed E-state index contributed by atoms with van der Waals surface area (Å²) in [5.41, 5.74) is 0.910. The highest BCUT2D eigenvalue weighted by molar-refractivity contribution is 6.07. The molecule has 6 atom stereocenters. The van der Waals surface area contributed by atoms with Crippen LogP contribution in [0.25, 0.3) is 0 Å². The highest BCUT2D eigenvalue weighted by Crippen LogP contribution is 2.65. The predicted octanol–water partition coefficient (Wildman–Crippen LogP) is 3.15. The van der Waals surface area contributed by atoms with E-state index < -0.39 is 42.4 Å². The maximum absolute atomic E-state index is 13.3. The van der Waals surface area contributed by atoms with Crippen molar-refractivity contribution in [3.05, 3.63) is 42.0 Å². The van der Waals surface area contributed by atoms with Gasteiger partial charge in [0.15, 0.2) is 0 Å². The molecule has 0 N–H and O–H groups in total. The van der Waals surface area contributed by atoms with Gasteiger partial charge in [-0.25, -0.2) is 0 Å². The lowest BCUT2D eigenvalue weighted by Gasteiger charge is -2.37. The Bertz CT molecular complexity index is 919. The summed E-state index contributed by atoms with van der Waals surface area (Å²) in [6.45, 7) is 1.19. The van der Waals surface area contributed by atoms with Crippen LogP contribution in [0.15, 0.2) is 36.4 Å². The fourth-order valence-corrected chi connectivity index (χ4v) is 5.63. The summed E-state index contributed by atoms with van der Waals surface area (Å²) < 4.78 is 39.9. The molecule has 158 valence electrons. The molecule has 30 heavy (non-hydrogen) atoms. The Kier molecular flexibility index (Phi) is 4.14. The van der Waals surface area contributed by atoms with E-state index in [-0.39, 0.29) is 17.5 Å². The number of anilines is 1. The number of carbonyl (C=O) groups excluding carboxylic acids is 3. The maximum Gasteiger partial charge on any atom is 0.471 e. The van der Waals surface area contributed by atoms with E-state index in [9.17, 15) is 27.6 Å². The van der Waals surface area contributed by atoms with Crippen LogP contribution in [-0.4, -0.2) is 35.5 Å². The number of hydrogen-bond donors (Lipinski definition) is 0. The highest BCUT2D eigenvalue weighted by Gasteiger charge is 2.67. The van der Waals surface area contributed by atoms with Crippen LogP contribution in [0.3, 0.4) is 0 Å². The van der Waals surface area contributed by atoms with Gasteiger partial charge in [0, 0.05) is 5.69 Å². The third-order valence-corrected chi connectivity index (χ3v) is 7.18. The molecule has 1 heterocycles. The number of alkyl halides is 3. The van der Waals surface area contributed by atoms with Gasteiger partial charge in [-0.1, -0.05) is 31.2 Å². The van der Waals surface area contributed by atoms with E-state index in [1.807, 2.05) is 19.1 Å². The van der Waals surface area contributed by atoms with Gasteiger partial charge in [0.25, 0.3) is 0 Å². The van der Waals surface area contributed by atoms with Crippen LogP contribution >= 0.6 is 0 Å². The van der Waals surface area contributed by atoms with Gasteiger partial charge in [0.05, 0.1) is 11.8 Å². The second-order valence-electron chi connectivity index (χ2n) is 8.65. The molecule has 5 aliphatic rings. The van der Waals surface area contributed by atoms with Gasteiger partial charge >= 0.3 is 12.1 Å². The number of rotatable bonds is 4. The van der Waals surface area contributed by atoms with Crippen molar-refractivity contribution in [1.82, 2.24) is 4.90 Å². The molecular weight excluding hydrogens is 397 g/mol. The van der Waals surface area contributed by atoms with Crippen LogP contribution in [0.4, 0.5) is 18.9 Å². The fraction of sp³-hybridized carbons (Fsp3) is 0.500. The summed E-state index contributed by atoms with van der Waals surface area (Å²) >= 11 is 0. The number of amides is 3. The smallest absolute Gasteiger partial charge is 0.286 e. The van der Waals surface area contributed by atoms with E-state index in [4.69, 9.17) is 0 Å². The minimum Gasteiger partial charge on any atom is -0.286 e. The summed E-state index contributed by atoms with van der Waals surface area (Å²) in [5, 5.41) is 0. The lowest BCUT2D eigenvalue weighted by molar-refractivity contribution is -0.171. The first-order valence-electron chi connectivity index (χ1n) is 10.2. The Balaban J connectivity index is 1.45. The molecule has 3 amide bonds. The summed E-state index contributed by atoms with van der Waals surface area (Å²) in [4.78, 5) is 39.7. The van der Waals surface area contributed by atoms with Crippen molar-refractivity contribution in [1.29, 1.82) is 0 Å². The number of hydrogen-bond acceptors (Lipinski definition) is 3. The molecule has 2 saturated carbocycles. The zero-order valence-corrected chi connectivity index (χ0v) is 16.3. The summed E-state index contributed by atoms with van der Waals surface area (Å²) in [6, 6.07) is 6.11. The molecule has 2 bridgehead atoms. The first-order chi connectivity index (χ1) is 14.2. The molecule has 0 aromatic heterocycles. The second-order valence-corrected chi connectivity index (χ2v) is 8.65. The van der Waals surface area contributed by atoms with Crippen LogP contribution in [0, 0.1) is 35.5 Å². The van der Waals surface area contributed by atoms with Gasteiger partial charge in [-0.3, -0.25) is 24.2 Å². The quantitative estimate of drug-likeness (QED) is 0.558. The normalized spacial score (nSPS) is 33.5. The number of allylic oxidation sites excluding steroid dienone is 2. The minimum absolute atomic E-state index is 0.00828. The van der Waals surface area contributed by atoms with Crippen LogP contribution < -0.4 is 4.90 Å². The number of likely N-dealkylation sites (tertiary alicyclic amines) is 1. The van der Waals surface area contributed by atoms with Crippen molar-refractivity contribution in [3.63, 3.8) is 0 Å². The average Bonchev–Trinajstić information content (AvgIpc) is 3.51. The molecule has 1 aliphatic heterocycles. The van der Waals surface area contributed by atoms with Crippen LogP contribution in [0.2, 0.25) is 0 Å². The third-order valence-electron chi connectivity index (χ3n) is 7.18. The second kappa shape index (κ2) is 6.43. The fourth-order valence-electron chi connectivity index (χ4n) is 5.63. The molecule has 1 aromatic rings. The Labute approximate surface area is 171 Å². The molecule has 0 spiro atoms. The third kappa shape index (κ3) is 2.72. The molecule has 4 aliphatic carbocycles. The monoisotopic (exact) mass is 418 g/mol. The van der Waals surface area contributed by atoms with Gasteiger partial charge in [-0.05, 0) is 54.2 Å². The van der Waals surface area contributed by atoms with E-state index >= 15 is 0 Å². The van der Waals surface area contributed by atoms with E-state index in [0.29, 0.717) is 23.2 Å². The number of carbonyl (C=O) groups is 3. The van der Waals surface area contributed by atoms with Crippen molar-refractivity contribution in [3.8, 4) is 0 Å². The first-order valence-corrected chi connectivity index (χ1v) is 10.2. The topological polar surface area (TPSA) is 57.7 Å². The van der Waals surface area contributed by atoms with Crippen LogP contribution in [-0.2, 0) is 20.8 Å². The Morgan fingerprint density at radius 2 is 1.57 bits per heavy atom. The molecular formula is C22H21F3N2O3. The van der Waals surface area contributed by atoms with Gasteiger partial charge < -0.3 is 0 Å². The zero-order valence-electron chi connectivity index (χ0n) is 16.3. The van der Waals surface area contributed by atoms with E-state index in [1.54, 1.807) is 12.1 Å². The summed E-state index contributed by atoms with van der Waals surface area (Å²) in [6.07, 6.45) is 0.564. The molecule has 0 unspecified atom stereocenters. The van der Waals surface area contributed by atoms with E-state index in [2.05, 4.69) is 0 Å². The average molecular weight is 418 g/mol. The molecule has 3 fully saturated rings. The number of halogens is 3. The Morgan fingerprint density at radius 1 is 1.03 bits per heavy atom. The SMILES string of the molecule is CCc1ccc(N(CN2C(=O)[C@@H]3[C@H]4C=C[C@@H]([C@@H]5C[C@@H]45)[C@H]3C2=O)C(=O)C(F)(F)F)cc1. The van der Waals surface area contributed by atoms with Crippen molar-refractivity contribution in [2.24, 2.45) is 35.5 Å². The molecule has 0 radical (unpaired) electrons. The van der Waals surface area contributed by atoms with Crippen LogP contribution in [0.1, 0.15) is 18.9 Å². The molecule has 6 rings (SSSR count). The molecule has 1 saturated heterocycles. The van der Waals surface area contributed by atoms with Gasteiger partial charge in [-0.15, -0.1) is 0 Å². The Morgan fingerprint density at radius 3 is 2.03 bits per heavy atom. The van der Waals surface area contributed by atoms with Gasteiger partial charge in [-0.2, -0.15) is 13.2 Å². The van der Waals surface area contributed by atoms with Crippen LogP contribution in [0.5, 0.6) is 0 Å². The van der Waals surface area contributed by atoms with Crippen molar-refractivity contribution < 1.29 is 27.6 Å². The highest BCUT2D eigenvalue weighted by atomic mass is 19.4. The lowest BCUT2D eigenvalue weighted by Crippen LogP contribution is -2.49.